The lowest BCUT2D eigenvalue weighted by Gasteiger charge is -2.35. The zero-order valence-corrected chi connectivity index (χ0v) is 16.6. The fourth-order valence-corrected chi connectivity index (χ4v) is 5.25. The van der Waals surface area contributed by atoms with Crippen molar-refractivity contribution < 1.29 is 8.42 Å². The molecule has 0 radical (unpaired) electrons. The van der Waals surface area contributed by atoms with E-state index < -0.39 is 10.0 Å². The van der Waals surface area contributed by atoms with E-state index in [1.165, 1.54) is 17.3 Å². The Morgan fingerprint density at radius 2 is 1.96 bits per heavy atom. The Hall–Kier alpha value is -1.97. The van der Waals surface area contributed by atoms with Gasteiger partial charge in [-0.2, -0.15) is 9.40 Å². The molecule has 2 aromatic heterocycles. The van der Waals surface area contributed by atoms with Crippen LogP contribution in [0.15, 0.2) is 29.4 Å². The minimum absolute atomic E-state index is 0.257. The van der Waals surface area contributed by atoms with Crippen molar-refractivity contribution in [2.24, 2.45) is 7.05 Å². The van der Waals surface area contributed by atoms with Gasteiger partial charge in [-0.15, -0.1) is 0 Å². The number of pyridine rings is 1. The molecule has 0 saturated carbocycles. The van der Waals surface area contributed by atoms with Crippen LogP contribution in [0.2, 0.25) is 0 Å². The first kappa shape index (κ1) is 18.4. The highest BCUT2D eigenvalue weighted by molar-refractivity contribution is 7.89. The van der Waals surface area contributed by atoms with E-state index in [9.17, 15) is 8.42 Å². The summed E-state index contributed by atoms with van der Waals surface area (Å²) in [4.78, 5) is 7.21. The summed E-state index contributed by atoms with van der Waals surface area (Å²) < 4.78 is 28.6. The second-order valence-corrected chi connectivity index (χ2v) is 9.22. The summed E-state index contributed by atoms with van der Waals surface area (Å²) in [5.41, 5.74) is 3.22. The van der Waals surface area contributed by atoms with Gasteiger partial charge in [0, 0.05) is 56.8 Å². The SMILES string of the molecule is Cc1cc(N2CCN(S(=O)(=O)c3cnn(C)c3)CC2)cc([C@@H]2CCCN2)n1. The van der Waals surface area contributed by atoms with Crippen LogP contribution < -0.4 is 10.2 Å². The van der Waals surface area contributed by atoms with Crippen LogP contribution in [0.25, 0.3) is 0 Å². The third-order valence-electron chi connectivity index (χ3n) is 5.30. The van der Waals surface area contributed by atoms with Crippen molar-refractivity contribution in [1.82, 2.24) is 24.4 Å². The van der Waals surface area contributed by atoms with Crippen molar-refractivity contribution in [2.45, 2.75) is 30.7 Å². The quantitative estimate of drug-likeness (QED) is 0.841. The van der Waals surface area contributed by atoms with Crippen LogP contribution in [0.5, 0.6) is 0 Å². The molecule has 1 atom stereocenters. The zero-order chi connectivity index (χ0) is 19.0. The van der Waals surface area contributed by atoms with Gasteiger partial charge < -0.3 is 10.2 Å². The molecule has 8 nitrogen and oxygen atoms in total. The van der Waals surface area contributed by atoms with E-state index in [2.05, 4.69) is 27.4 Å². The summed E-state index contributed by atoms with van der Waals surface area (Å²) in [5.74, 6) is 0. The predicted octanol–water partition coefficient (Wildman–Crippen LogP) is 1.06. The number of aryl methyl sites for hydroxylation is 2. The van der Waals surface area contributed by atoms with Gasteiger partial charge in [-0.25, -0.2) is 8.42 Å². The summed E-state index contributed by atoms with van der Waals surface area (Å²) >= 11 is 0. The molecule has 2 saturated heterocycles. The second-order valence-electron chi connectivity index (χ2n) is 7.28. The number of hydrogen-bond acceptors (Lipinski definition) is 6. The molecule has 0 bridgehead atoms. The lowest BCUT2D eigenvalue weighted by molar-refractivity contribution is 0.384. The van der Waals surface area contributed by atoms with Crippen molar-refractivity contribution in [2.75, 3.05) is 37.6 Å². The number of nitrogens with zero attached hydrogens (tertiary/aromatic N) is 5. The van der Waals surface area contributed by atoms with E-state index in [1.54, 1.807) is 17.5 Å². The summed E-state index contributed by atoms with van der Waals surface area (Å²) in [5, 5.41) is 7.49. The Morgan fingerprint density at radius 1 is 1.19 bits per heavy atom. The van der Waals surface area contributed by atoms with E-state index >= 15 is 0 Å². The number of sulfonamides is 1. The average molecular weight is 391 g/mol. The number of nitrogens with one attached hydrogen (secondary N) is 1. The Bertz CT molecular complexity index is 912. The van der Waals surface area contributed by atoms with Crippen LogP contribution in [0.3, 0.4) is 0 Å². The van der Waals surface area contributed by atoms with Crippen LogP contribution in [-0.2, 0) is 17.1 Å². The first-order chi connectivity index (χ1) is 12.9. The Balaban J connectivity index is 1.48. The third-order valence-corrected chi connectivity index (χ3v) is 7.15. The number of rotatable bonds is 4. The minimum Gasteiger partial charge on any atom is -0.369 e. The van der Waals surface area contributed by atoms with E-state index in [0.717, 1.165) is 30.0 Å². The first-order valence-electron chi connectivity index (χ1n) is 9.39. The normalized spacial score (nSPS) is 21.7. The molecule has 2 fully saturated rings. The summed E-state index contributed by atoms with van der Waals surface area (Å²) in [6.45, 7) is 5.33. The maximum atomic E-state index is 12.8. The van der Waals surface area contributed by atoms with Crippen LogP contribution in [-0.4, -0.2) is 60.2 Å². The van der Waals surface area contributed by atoms with Gasteiger partial charge in [-0.05, 0) is 38.4 Å². The van der Waals surface area contributed by atoms with Crippen molar-refractivity contribution in [3.05, 3.63) is 35.9 Å². The fourth-order valence-electron chi connectivity index (χ4n) is 3.84. The molecule has 146 valence electrons. The van der Waals surface area contributed by atoms with Gasteiger partial charge in [0.2, 0.25) is 10.0 Å². The van der Waals surface area contributed by atoms with E-state index in [1.807, 2.05) is 6.92 Å². The highest BCUT2D eigenvalue weighted by Crippen LogP contribution is 2.27. The summed E-state index contributed by atoms with van der Waals surface area (Å²) in [7, 11) is -1.75. The molecule has 1 N–H and O–H groups in total. The third kappa shape index (κ3) is 3.71. The van der Waals surface area contributed by atoms with Crippen LogP contribution in [0.1, 0.15) is 30.3 Å². The molecule has 2 aliphatic rings. The number of piperazine rings is 1. The van der Waals surface area contributed by atoms with Gasteiger partial charge in [0.25, 0.3) is 0 Å². The minimum atomic E-state index is -3.48. The molecule has 0 spiro atoms. The number of aromatic nitrogens is 3. The maximum Gasteiger partial charge on any atom is 0.246 e. The summed E-state index contributed by atoms with van der Waals surface area (Å²) in [6.07, 6.45) is 5.26. The molecule has 4 rings (SSSR count). The molecule has 0 unspecified atom stereocenters. The van der Waals surface area contributed by atoms with Gasteiger partial charge in [-0.1, -0.05) is 0 Å². The maximum absolute atomic E-state index is 12.8. The molecule has 0 aromatic carbocycles. The topological polar surface area (TPSA) is 83.4 Å². The van der Waals surface area contributed by atoms with Gasteiger partial charge in [0.1, 0.15) is 4.90 Å². The standard InChI is InChI=1S/C18H26N6O2S/c1-14-10-15(11-18(21-14)17-4-3-5-19-17)23-6-8-24(9-7-23)27(25,26)16-12-20-22(2)13-16/h10-13,17,19H,3-9H2,1-2H3/t17-/m0/s1. The zero-order valence-electron chi connectivity index (χ0n) is 15.8. The van der Waals surface area contributed by atoms with Crippen LogP contribution in [0, 0.1) is 6.92 Å². The number of hydrogen-bond donors (Lipinski definition) is 1. The molecular weight excluding hydrogens is 364 g/mol. The molecule has 2 aliphatic heterocycles. The molecule has 4 heterocycles. The molecule has 9 heteroatoms. The Kier molecular flexibility index (Phi) is 4.92. The van der Waals surface area contributed by atoms with Crippen molar-refractivity contribution >= 4 is 15.7 Å². The Morgan fingerprint density at radius 3 is 2.59 bits per heavy atom. The van der Waals surface area contributed by atoms with Crippen LogP contribution >= 0.6 is 0 Å². The highest BCUT2D eigenvalue weighted by Gasteiger charge is 2.30. The van der Waals surface area contributed by atoms with Gasteiger partial charge in [-0.3, -0.25) is 9.67 Å². The largest absolute Gasteiger partial charge is 0.369 e. The van der Waals surface area contributed by atoms with Gasteiger partial charge in [0.05, 0.1) is 11.9 Å². The van der Waals surface area contributed by atoms with Crippen molar-refractivity contribution in [3.63, 3.8) is 0 Å². The van der Waals surface area contributed by atoms with Gasteiger partial charge in [0.15, 0.2) is 0 Å². The monoisotopic (exact) mass is 390 g/mol. The van der Waals surface area contributed by atoms with Crippen LogP contribution in [0.4, 0.5) is 5.69 Å². The smallest absolute Gasteiger partial charge is 0.246 e. The summed E-state index contributed by atoms with van der Waals surface area (Å²) in [6, 6.07) is 4.57. The molecular formula is C18H26N6O2S. The van der Waals surface area contributed by atoms with Crippen molar-refractivity contribution in [3.8, 4) is 0 Å². The molecule has 0 aliphatic carbocycles. The van der Waals surface area contributed by atoms with E-state index in [4.69, 9.17) is 4.98 Å². The highest BCUT2D eigenvalue weighted by atomic mass is 32.2. The molecule has 0 amide bonds. The molecule has 2 aromatic rings. The van der Waals surface area contributed by atoms with Crippen molar-refractivity contribution in [1.29, 1.82) is 0 Å². The first-order valence-corrected chi connectivity index (χ1v) is 10.8. The lowest BCUT2D eigenvalue weighted by atomic mass is 10.1. The average Bonchev–Trinajstić information content (AvgIpc) is 3.33. The van der Waals surface area contributed by atoms with E-state index in [-0.39, 0.29) is 4.90 Å². The van der Waals surface area contributed by atoms with Gasteiger partial charge >= 0.3 is 0 Å². The second kappa shape index (κ2) is 7.21. The molecule has 27 heavy (non-hydrogen) atoms. The Labute approximate surface area is 160 Å². The lowest BCUT2D eigenvalue weighted by Crippen LogP contribution is -2.48. The number of anilines is 1. The van der Waals surface area contributed by atoms with E-state index in [0.29, 0.717) is 32.2 Å². The predicted molar refractivity (Wildman–Crippen MR) is 103 cm³/mol. The fraction of sp³-hybridized carbons (Fsp3) is 0.556.